The first-order valence-corrected chi connectivity index (χ1v) is 10.2. The average Bonchev–Trinajstić information content (AvgIpc) is 2.46. The predicted molar refractivity (Wildman–Crippen MR) is 93.1 cm³/mol. The van der Waals surface area contributed by atoms with E-state index in [1.54, 1.807) is 24.3 Å². The lowest BCUT2D eigenvalue weighted by atomic mass is 10.2. The second-order valence-electron chi connectivity index (χ2n) is 4.88. The largest absolute Gasteiger partial charge is 0.228 e. The van der Waals surface area contributed by atoms with Gasteiger partial charge in [0.25, 0.3) is 0 Å². The topological polar surface area (TPSA) is 168 Å². The van der Waals surface area contributed by atoms with Gasteiger partial charge in [0.1, 0.15) is 0 Å². The lowest BCUT2D eigenvalue weighted by Crippen LogP contribution is -2.28. The van der Waals surface area contributed by atoms with Crippen LogP contribution >= 0.6 is 0 Å². The smallest absolute Gasteiger partial charge is 0.212 e. The number of hydrogen-bond donors (Lipinski definition) is 2. The summed E-state index contributed by atoms with van der Waals surface area (Å²) in [7, 11) is -7.14. The van der Waals surface area contributed by atoms with Crippen LogP contribution in [0.1, 0.15) is 38.5 Å². The lowest BCUT2D eigenvalue weighted by Gasteiger charge is -2.08. The number of nitrogens with two attached hydrogens (primary N) is 2. The molecule has 136 valence electrons. The molecule has 0 aliphatic carbocycles. The molecule has 0 radical (unpaired) electrons. The first-order valence-electron chi connectivity index (χ1n) is 7.03. The van der Waals surface area contributed by atoms with Crippen LogP contribution in [0.4, 0.5) is 0 Å². The van der Waals surface area contributed by atoms with E-state index in [1.807, 2.05) is 0 Å². The van der Waals surface area contributed by atoms with Crippen LogP contribution in [-0.4, -0.2) is 27.3 Å². The summed E-state index contributed by atoms with van der Waals surface area (Å²) < 4.78 is 43.3. The molecule has 8 nitrogen and oxygen atoms in total. The van der Waals surface area contributed by atoms with Crippen LogP contribution in [0, 0.1) is 22.7 Å². The molecule has 0 rings (SSSR count). The average molecular weight is 377 g/mol. The van der Waals surface area contributed by atoms with Crippen LogP contribution in [0.15, 0.2) is 25.3 Å². The van der Waals surface area contributed by atoms with Gasteiger partial charge in [0.2, 0.25) is 20.0 Å². The molecule has 0 bridgehead atoms. The van der Waals surface area contributed by atoms with Crippen molar-refractivity contribution in [3.63, 3.8) is 0 Å². The second-order valence-corrected chi connectivity index (χ2v) is 8.57. The molecule has 0 aromatic carbocycles. The Balaban J connectivity index is 0. The monoisotopic (exact) mass is 376 g/mol. The van der Waals surface area contributed by atoms with Gasteiger partial charge in [-0.05, 0) is 25.7 Å². The van der Waals surface area contributed by atoms with Gasteiger partial charge in [0.05, 0.1) is 35.5 Å². The minimum atomic E-state index is -3.57. The number of nitrogens with zero attached hydrogens (tertiary/aromatic N) is 2. The highest BCUT2D eigenvalue weighted by Gasteiger charge is 2.20. The Bertz CT molecular complexity index is 613. The molecule has 0 unspecified atom stereocenters. The summed E-state index contributed by atoms with van der Waals surface area (Å²) in [5.74, 6) is 0. The van der Waals surface area contributed by atoms with E-state index in [1.165, 1.54) is 0 Å². The second kappa shape index (κ2) is 12.7. The zero-order chi connectivity index (χ0) is 19.2. The maximum absolute atomic E-state index is 10.8. The third kappa shape index (κ3) is 12.8. The van der Waals surface area contributed by atoms with Crippen molar-refractivity contribution in [1.29, 1.82) is 10.5 Å². The number of primary sulfonamides is 2. The Kier molecular flexibility index (Phi) is 13.0. The fourth-order valence-corrected chi connectivity index (χ4v) is 3.12. The molecule has 0 aromatic rings. The first kappa shape index (κ1) is 24.5. The van der Waals surface area contributed by atoms with Gasteiger partial charge in [0.15, 0.2) is 0 Å². The SMILES string of the molecule is C=CCC[C@@H](CC#N)S(N)(=O)=O.C=CCC[C@H](CC#N)S(N)(=O)=O. The van der Waals surface area contributed by atoms with E-state index in [0.717, 1.165) is 0 Å². The summed E-state index contributed by atoms with van der Waals surface area (Å²) in [6, 6.07) is 3.58. The minimum Gasteiger partial charge on any atom is -0.228 e. The van der Waals surface area contributed by atoms with Gasteiger partial charge in [-0.3, -0.25) is 0 Å². The predicted octanol–water partition coefficient (Wildman–Crippen LogP) is 1.05. The molecule has 24 heavy (non-hydrogen) atoms. The third-order valence-corrected chi connectivity index (χ3v) is 5.62. The van der Waals surface area contributed by atoms with Crippen molar-refractivity contribution in [2.24, 2.45) is 10.3 Å². The zero-order valence-corrected chi connectivity index (χ0v) is 15.1. The van der Waals surface area contributed by atoms with E-state index >= 15 is 0 Å². The van der Waals surface area contributed by atoms with Gasteiger partial charge in [-0.2, -0.15) is 10.5 Å². The molecule has 0 aliphatic rings. The summed E-state index contributed by atoms with van der Waals surface area (Å²) in [6.45, 7) is 6.91. The highest BCUT2D eigenvalue weighted by molar-refractivity contribution is 7.90. The van der Waals surface area contributed by atoms with Gasteiger partial charge in [-0.15, -0.1) is 13.2 Å². The molecule has 4 N–H and O–H groups in total. The molecule has 0 spiro atoms. The molecular formula is C14H24N4O4S2. The van der Waals surface area contributed by atoms with Crippen LogP contribution in [0.2, 0.25) is 0 Å². The highest BCUT2D eigenvalue weighted by Crippen LogP contribution is 2.10. The number of nitriles is 2. The quantitative estimate of drug-likeness (QED) is 0.540. The van der Waals surface area contributed by atoms with E-state index in [-0.39, 0.29) is 12.8 Å². The van der Waals surface area contributed by atoms with E-state index in [0.29, 0.717) is 25.7 Å². The van der Waals surface area contributed by atoms with E-state index in [9.17, 15) is 16.8 Å². The third-order valence-electron chi connectivity index (χ3n) is 2.95. The van der Waals surface area contributed by atoms with Gasteiger partial charge < -0.3 is 0 Å². The Morgan fingerprint density at radius 3 is 1.29 bits per heavy atom. The first-order chi connectivity index (χ1) is 11.0. The summed E-state index contributed by atoms with van der Waals surface area (Å²) in [4.78, 5) is 0. The van der Waals surface area contributed by atoms with Crippen molar-refractivity contribution in [2.45, 2.75) is 49.0 Å². The summed E-state index contributed by atoms with van der Waals surface area (Å²) >= 11 is 0. The Morgan fingerprint density at radius 2 is 1.12 bits per heavy atom. The summed E-state index contributed by atoms with van der Waals surface area (Å²) in [5.41, 5.74) is 0. The lowest BCUT2D eigenvalue weighted by molar-refractivity contribution is 0.573. The van der Waals surface area contributed by atoms with E-state index in [4.69, 9.17) is 20.8 Å². The Hall–Kier alpha value is -1.72. The summed E-state index contributed by atoms with van der Waals surface area (Å²) in [5, 5.41) is 24.9. The zero-order valence-electron chi connectivity index (χ0n) is 13.5. The van der Waals surface area contributed by atoms with Gasteiger partial charge in [-0.1, -0.05) is 12.2 Å². The molecular weight excluding hydrogens is 352 g/mol. The van der Waals surface area contributed by atoms with Crippen LogP contribution in [0.3, 0.4) is 0 Å². The van der Waals surface area contributed by atoms with Crippen molar-refractivity contribution in [2.75, 3.05) is 0 Å². The van der Waals surface area contributed by atoms with Gasteiger partial charge >= 0.3 is 0 Å². The molecule has 10 heteroatoms. The standard InChI is InChI=1S/2C7H12N2O2S/c2*1-2-3-4-7(5-6-8)12(9,10)11/h2*2,7H,1,3-5H2,(H2,9,10,11)/t2*7-/m10/s1. The molecule has 0 heterocycles. The maximum Gasteiger partial charge on any atom is 0.212 e. The number of hydrogen-bond acceptors (Lipinski definition) is 6. The minimum absolute atomic E-state index is 0.0489. The fraction of sp³-hybridized carbons (Fsp3) is 0.571. The number of sulfonamides is 2. The molecule has 0 saturated heterocycles. The van der Waals surface area contributed by atoms with Crippen LogP contribution < -0.4 is 10.3 Å². The van der Waals surface area contributed by atoms with E-state index < -0.39 is 30.5 Å². The normalized spacial score (nSPS) is 13.3. The van der Waals surface area contributed by atoms with Crippen molar-refractivity contribution in [3.8, 4) is 12.1 Å². The van der Waals surface area contributed by atoms with Crippen molar-refractivity contribution in [1.82, 2.24) is 0 Å². The molecule has 0 amide bonds. The fourth-order valence-electron chi connectivity index (χ4n) is 1.58. The van der Waals surface area contributed by atoms with Crippen LogP contribution in [-0.2, 0) is 20.0 Å². The van der Waals surface area contributed by atoms with Crippen LogP contribution in [0.25, 0.3) is 0 Å². The van der Waals surface area contributed by atoms with E-state index in [2.05, 4.69) is 13.2 Å². The molecule has 0 fully saturated rings. The Morgan fingerprint density at radius 1 is 0.833 bits per heavy atom. The highest BCUT2D eigenvalue weighted by atomic mass is 32.2. The Labute approximate surface area is 144 Å². The molecule has 0 aromatic heterocycles. The number of allylic oxidation sites excluding steroid dienone is 2. The van der Waals surface area contributed by atoms with Crippen molar-refractivity contribution in [3.05, 3.63) is 25.3 Å². The molecule has 0 saturated carbocycles. The van der Waals surface area contributed by atoms with Gasteiger partial charge in [-0.25, -0.2) is 27.1 Å². The van der Waals surface area contributed by atoms with Gasteiger partial charge in [0, 0.05) is 0 Å². The summed E-state index contributed by atoms with van der Waals surface area (Å²) in [6.07, 6.45) is 4.97. The molecule has 2 atom stereocenters. The molecule has 0 aliphatic heterocycles. The van der Waals surface area contributed by atoms with Crippen LogP contribution in [0.5, 0.6) is 0 Å². The number of rotatable bonds is 10. The van der Waals surface area contributed by atoms with Crippen molar-refractivity contribution < 1.29 is 16.8 Å². The maximum atomic E-state index is 10.8. The van der Waals surface area contributed by atoms with Crippen molar-refractivity contribution >= 4 is 20.0 Å².